The van der Waals surface area contributed by atoms with Crippen LogP contribution in [0.4, 0.5) is 0 Å². The van der Waals surface area contributed by atoms with Crippen LogP contribution in [0.5, 0.6) is 0 Å². The minimum absolute atomic E-state index is 0.119. The monoisotopic (exact) mass is 315 g/mol. The molecule has 0 amide bonds. The number of benzene rings is 1. The van der Waals surface area contributed by atoms with E-state index >= 15 is 0 Å². The van der Waals surface area contributed by atoms with Crippen molar-refractivity contribution in [1.29, 1.82) is 0 Å². The Labute approximate surface area is 101 Å². The van der Waals surface area contributed by atoms with Crippen molar-refractivity contribution in [3.63, 3.8) is 0 Å². The molecule has 0 aliphatic heterocycles. The van der Waals surface area contributed by atoms with Gasteiger partial charge in [0.15, 0.2) is 0 Å². The third-order valence-electron chi connectivity index (χ3n) is 2.32. The van der Waals surface area contributed by atoms with Gasteiger partial charge in [-0.25, -0.2) is 4.79 Å². The fraction of sp³-hybridized carbons (Fsp3) is 0.182. The number of fused-ring (bicyclic) bond motifs is 1. The molecule has 0 spiro atoms. The van der Waals surface area contributed by atoms with Crippen LogP contribution in [0.1, 0.15) is 21.5 Å². The number of para-hydroxylation sites is 1. The molecule has 0 aliphatic rings. The summed E-state index contributed by atoms with van der Waals surface area (Å²) in [6, 6.07) is 9.42. The van der Waals surface area contributed by atoms with E-state index in [9.17, 15) is 4.79 Å². The molecular formula is C11H10INO2. The number of aromatic nitrogens is 1. The normalized spacial score (nSPS) is 12.9. The van der Waals surface area contributed by atoms with E-state index in [-0.39, 0.29) is 4.05 Å². The van der Waals surface area contributed by atoms with Gasteiger partial charge in [-0.2, -0.15) is 0 Å². The molecule has 0 radical (unpaired) electrons. The molecule has 0 bridgehead atoms. The molecular weight excluding hydrogens is 305 g/mol. The van der Waals surface area contributed by atoms with E-state index in [2.05, 4.69) is 22.6 Å². The topological polar surface area (TPSA) is 42.2 Å². The maximum Gasteiger partial charge on any atom is 0.352 e. The van der Waals surface area contributed by atoms with Crippen LogP contribution in [0.25, 0.3) is 10.9 Å². The smallest absolute Gasteiger partial charge is 0.352 e. The van der Waals surface area contributed by atoms with Crippen LogP contribution in [-0.2, 0) is 0 Å². The minimum atomic E-state index is -0.880. The SMILES string of the molecule is CC(I)n1c(C(=O)O)cc2ccccc21. The molecule has 4 heteroatoms. The first kappa shape index (κ1) is 10.5. The molecule has 78 valence electrons. The van der Waals surface area contributed by atoms with Gasteiger partial charge in [-0.1, -0.05) is 40.8 Å². The zero-order valence-electron chi connectivity index (χ0n) is 8.14. The quantitative estimate of drug-likeness (QED) is 0.682. The Bertz CT molecular complexity index is 516. The molecule has 2 rings (SSSR count). The molecule has 0 fully saturated rings. The molecule has 1 heterocycles. The summed E-state index contributed by atoms with van der Waals surface area (Å²) in [6.45, 7) is 1.97. The van der Waals surface area contributed by atoms with E-state index in [1.807, 2.05) is 35.8 Å². The molecule has 1 unspecified atom stereocenters. The number of rotatable bonds is 2. The summed E-state index contributed by atoms with van der Waals surface area (Å²) in [7, 11) is 0. The number of hydrogen-bond donors (Lipinski definition) is 1. The number of carbonyl (C=O) groups is 1. The molecule has 3 nitrogen and oxygen atoms in total. The van der Waals surface area contributed by atoms with Crippen LogP contribution < -0.4 is 0 Å². The van der Waals surface area contributed by atoms with Gasteiger partial charge in [-0.05, 0) is 19.1 Å². The van der Waals surface area contributed by atoms with Crippen molar-refractivity contribution >= 4 is 39.5 Å². The lowest BCUT2D eigenvalue weighted by atomic mass is 10.2. The Hall–Kier alpha value is -1.04. The first-order valence-electron chi connectivity index (χ1n) is 4.58. The van der Waals surface area contributed by atoms with Crippen molar-refractivity contribution in [2.24, 2.45) is 0 Å². The molecule has 1 atom stereocenters. The number of aromatic carboxylic acids is 1. The molecule has 2 aromatic rings. The van der Waals surface area contributed by atoms with E-state index in [0.29, 0.717) is 5.69 Å². The molecule has 0 saturated heterocycles. The van der Waals surface area contributed by atoms with Gasteiger partial charge >= 0.3 is 5.97 Å². The number of alkyl halides is 1. The predicted octanol–water partition coefficient (Wildman–Crippen LogP) is 3.29. The van der Waals surface area contributed by atoms with Crippen LogP contribution in [-0.4, -0.2) is 15.6 Å². The Morgan fingerprint density at radius 2 is 2.13 bits per heavy atom. The van der Waals surface area contributed by atoms with E-state index < -0.39 is 5.97 Å². The Kier molecular flexibility index (Phi) is 2.68. The van der Waals surface area contributed by atoms with Crippen molar-refractivity contribution < 1.29 is 9.90 Å². The number of halogens is 1. The van der Waals surface area contributed by atoms with Gasteiger partial charge < -0.3 is 9.67 Å². The number of carboxylic acid groups (broad SMARTS) is 1. The third-order valence-corrected chi connectivity index (χ3v) is 2.88. The molecule has 0 saturated carbocycles. The highest BCUT2D eigenvalue weighted by Crippen LogP contribution is 2.27. The second kappa shape index (κ2) is 3.84. The first-order chi connectivity index (χ1) is 7.11. The van der Waals surface area contributed by atoms with Crippen molar-refractivity contribution in [3.05, 3.63) is 36.0 Å². The van der Waals surface area contributed by atoms with Crippen molar-refractivity contribution in [3.8, 4) is 0 Å². The summed E-state index contributed by atoms with van der Waals surface area (Å²) >= 11 is 2.21. The summed E-state index contributed by atoms with van der Waals surface area (Å²) < 4.78 is 1.95. The van der Waals surface area contributed by atoms with E-state index in [1.165, 1.54) is 0 Å². The highest BCUT2D eigenvalue weighted by molar-refractivity contribution is 14.1. The zero-order chi connectivity index (χ0) is 11.0. The first-order valence-corrected chi connectivity index (χ1v) is 5.83. The van der Waals surface area contributed by atoms with Crippen molar-refractivity contribution in [1.82, 2.24) is 4.57 Å². The molecule has 1 N–H and O–H groups in total. The second-order valence-electron chi connectivity index (χ2n) is 3.34. The molecule has 1 aromatic heterocycles. The largest absolute Gasteiger partial charge is 0.477 e. The fourth-order valence-electron chi connectivity index (χ4n) is 1.72. The number of carboxylic acids is 1. The van der Waals surface area contributed by atoms with Crippen LogP contribution >= 0.6 is 22.6 Å². The summed E-state index contributed by atoms with van der Waals surface area (Å²) in [6.07, 6.45) is 0. The predicted molar refractivity (Wildman–Crippen MR) is 67.6 cm³/mol. The van der Waals surface area contributed by atoms with Gasteiger partial charge in [0.1, 0.15) is 5.69 Å². The summed E-state index contributed by atoms with van der Waals surface area (Å²) in [5, 5.41) is 10.1. The zero-order valence-corrected chi connectivity index (χ0v) is 10.3. The van der Waals surface area contributed by atoms with E-state index in [1.54, 1.807) is 6.07 Å². The lowest BCUT2D eigenvalue weighted by molar-refractivity contribution is 0.0686. The molecule has 15 heavy (non-hydrogen) atoms. The van der Waals surface area contributed by atoms with Gasteiger partial charge in [0, 0.05) is 10.9 Å². The molecule has 0 aliphatic carbocycles. The lowest BCUT2D eigenvalue weighted by Crippen LogP contribution is -2.08. The fourth-order valence-corrected chi connectivity index (χ4v) is 2.32. The van der Waals surface area contributed by atoms with Crippen molar-refractivity contribution in [2.45, 2.75) is 11.0 Å². The summed E-state index contributed by atoms with van der Waals surface area (Å²) in [5.41, 5.74) is 1.31. The maximum atomic E-state index is 11.1. The average molecular weight is 315 g/mol. The summed E-state index contributed by atoms with van der Waals surface area (Å²) in [4.78, 5) is 11.1. The van der Waals surface area contributed by atoms with Crippen LogP contribution in [0.15, 0.2) is 30.3 Å². The van der Waals surface area contributed by atoms with E-state index in [0.717, 1.165) is 10.9 Å². The van der Waals surface area contributed by atoms with Crippen LogP contribution in [0, 0.1) is 0 Å². The third kappa shape index (κ3) is 1.73. The van der Waals surface area contributed by atoms with E-state index in [4.69, 9.17) is 5.11 Å². The van der Waals surface area contributed by atoms with Crippen molar-refractivity contribution in [2.75, 3.05) is 0 Å². The highest BCUT2D eigenvalue weighted by atomic mass is 127. The lowest BCUT2D eigenvalue weighted by Gasteiger charge is -2.10. The van der Waals surface area contributed by atoms with Crippen LogP contribution in [0.2, 0.25) is 0 Å². The Morgan fingerprint density at radius 1 is 1.47 bits per heavy atom. The Morgan fingerprint density at radius 3 is 2.73 bits per heavy atom. The number of hydrogen-bond acceptors (Lipinski definition) is 1. The minimum Gasteiger partial charge on any atom is -0.477 e. The maximum absolute atomic E-state index is 11.1. The second-order valence-corrected chi connectivity index (χ2v) is 5.14. The van der Waals surface area contributed by atoms with Crippen LogP contribution in [0.3, 0.4) is 0 Å². The van der Waals surface area contributed by atoms with Gasteiger partial charge in [0.05, 0.1) is 4.05 Å². The van der Waals surface area contributed by atoms with Gasteiger partial charge in [0.25, 0.3) is 0 Å². The highest BCUT2D eigenvalue weighted by Gasteiger charge is 2.16. The number of nitrogens with zero attached hydrogens (tertiary/aromatic N) is 1. The summed E-state index contributed by atoms with van der Waals surface area (Å²) in [5.74, 6) is -0.880. The Balaban J connectivity index is 2.80. The molecule has 1 aromatic carbocycles. The van der Waals surface area contributed by atoms with Gasteiger partial charge in [-0.3, -0.25) is 0 Å². The van der Waals surface area contributed by atoms with Gasteiger partial charge in [0.2, 0.25) is 0 Å². The standard InChI is InChI=1S/C11H10INO2/c1-7(12)13-9-5-3-2-4-8(9)6-10(13)11(14)15/h2-7H,1H3,(H,14,15). The average Bonchev–Trinajstić information content (AvgIpc) is 2.56. The van der Waals surface area contributed by atoms with Gasteiger partial charge in [-0.15, -0.1) is 0 Å².